The Morgan fingerprint density at radius 3 is 2.94 bits per heavy atom. The van der Waals surface area contributed by atoms with Gasteiger partial charge in [0.05, 0.1) is 18.7 Å². The van der Waals surface area contributed by atoms with Crippen molar-refractivity contribution in [1.82, 2.24) is 4.98 Å². The molecule has 0 fully saturated rings. The largest absolute Gasteiger partial charge is 0.481 e. The van der Waals surface area contributed by atoms with Gasteiger partial charge in [0.25, 0.3) is 0 Å². The van der Waals surface area contributed by atoms with Gasteiger partial charge < -0.3 is 9.47 Å². The fourth-order valence-electron chi connectivity index (χ4n) is 1.05. The third-order valence-electron chi connectivity index (χ3n) is 1.71. The van der Waals surface area contributed by atoms with Gasteiger partial charge in [-0.1, -0.05) is 5.92 Å². The number of ether oxygens (including phenoxy) is 2. The Bertz CT molecular complexity index is 426. The maximum atomic E-state index is 11.3. The van der Waals surface area contributed by atoms with E-state index in [4.69, 9.17) is 22.8 Å². The van der Waals surface area contributed by atoms with Gasteiger partial charge in [0.15, 0.2) is 5.69 Å². The molecule has 16 heavy (non-hydrogen) atoms. The molecule has 0 radical (unpaired) electrons. The highest BCUT2D eigenvalue weighted by atomic mass is 35.5. The summed E-state index contributed by atoms with van der Waals surface area (Å²) in [6.45, 7) is 0.117. The molecule has 1 aromatic heterocycles. The second kappa shape index (κ2) is 5.99. The van der Waals surface area contributed by atoms with Crippen LogP contribution in [0, 0.1) is 12.3 Å². The van der Waals surface area contributed by atoms with E-state index in [2.05, 4.69) is 15.6 Å². The van der Waals surface area contributed by atoms with Crippen LogP contribution < -0.4 is 4.74 Å². The molecular formula is C11H10ClNO3. The first-order valence-corrected chi connectivity index (χ1v) is 4.96. The molecule has 0 atom stereocenters. The number of pyridine rings is 1. The Labute approximate surface area is 98.5 Å². The predicted molar refractivity (Wildman–Crippen MR) is 59.5 cm³/mol. The molecule has 0 unspecified atom stereocenters. The Hall–Kier alpha value is -1.73. The van der Waals surface area contributed by atoms with Crippen molar-refractivity contribution in [2.75, 3.05) is 13.7 Å². The second-order valence-electron chi connectivity index (χ2n) is 2.80. The number of carbonyl (C=O) groups is 1. The number of terminal acetylenes is 1. The Balaban J connectivity index is 3.01. The zero-order valence-electron chi connectivity index (χ0n) is 8.70. The van der Waals surface area contributed by atoms with Crippen LogP contribution in [0.15, 0.2) is 12.1 Å². The summed E-state index contributed by atoms with van der Waals surface area (Å²) in [6.07, 6.45) is 5.06. The van der Waals surface area contributed by atoms with E-state index in [0.29, 0.717) is 11.4 Å². The van der Waals surface area contributed by atoms with Crippen LogP contribution in [0.2, 0.25) is 0 Å². The molecule has 4 nitrogen and oxygen atoms in total. The van der Waals surface area contributed by atoms with E-state index in [0.717, 1.165) is 0 Å². The second-order valence-corrected chi connectivity index (χ2v) is 3.06. The maximum absolute atomic E-state index is 11.3. The number of esters is 1. The number of rotatable bonds is 4. The minimum atomic E-state index is -0.544. The van der Waals surface area contributed by atoms with Crippen molar-refractivity contribution >= 4 is 17.6 Å². The van der Waals surface area contributed by atoms with E-state index < -0.39 is 5.97 Å². The van der Waals surface area contributed by atoms with Gasteiger partial charge in [0, 0.05) is 12.1 Å². The van der Waals surface area contributed by atoms with Crippen LogP contribution in [-0.2, 0) is 10.6 Å². The van der Waals surface area contributed by atoms with Gasteiger partial charge >= 0.3 is 5.97 Å². The smallest absolute Gasteiger partial charge is 0.356 e. The number of aromatic nitrogens is 1. The molecule has 5 heteroatoms. The summed E-state index contributed by atoms with van der Waals surface area (Å²) in [7, 11) is 1.28. The van der Waals surface area contributed by atoms with Crippen molar-refractivity contribution in [3.05, 3.63) is 23.5 Å². The van der Waals surface area contributed by atoms with Crippen LogP contribution in [0.4, 0.5) is 0 Å². The van der Waals surface area contributed by atoms with Crippen LogP contribution in [0.1, 0.15) is 16.2 Å². The van der Waals surface area contributed by atoms with E-state index in [9.17, 15) is 4.79 Å². The van der Waals surface area contributed by atoms with Crippen molar-refractivity contribution in [2.45, 2.75) is 5.88 Å². The lowest BCUT2D eigenvalue weighted by atomic mass is 10.3. The van der Waals surface area contributed by atoms with Crippen LogP contribution in [-0.4, -0.2) is 24.7 Å². The lowest BCUT2D eigenvalue weighted by molar-refractivity contribution is 0.0593. The van der Waals surface area contributed by atoms with E-state index in [1.54, 1.807) is 6.07 Å². The Morgan fingerprint density at radius 2 is 2.38 bits per heavy atom. The zero-order valence-corrected chi connectivity index (χ0v) is 9.45. The van der Waals surface area contributed by atoms with E-state index in [1.807, 2.05) is 0 Å². The van der Waals surface area contributed by atoms with Crippen molar-refractivity contribution < 1.29 is 14.3 Å². The van der Waals surface area contributed by atoms with Gasteiger partial charge in [-0.25, -0.2) is 9.78 Å². The van der Waals surface area contributed by atoms with E-state index in [-0.39, 0.29) is 18.2 Å². The molecule has 0 aliphatic rings. The zero-order chi connectivity index (χ0) is 12.0. The topological polar surface area (TPSA) is 48.4 Å². The van der Waals surface area contributed by atoms with Gasteiger partial charge in [-0.15, -0.1) is 18.0 Å². The lowest BCUT2D eigenvalue weighted by Crippen LogP contribution is -2.07. The first-order chi connectivity index (χ1) is 7.71. The van der Waals surface area contributed by atoms with Crippen LogP contribution >= 0.6 is 11.6 Å². The molecule has 0 saturated carbocycles. The van der Waals surface area contributed by atoms with Crippen molar-refractivity contribution in [3.8, 4) is 18.1 Å². The molecule has 0 aliphatic carbocycles. The van der Waals surface area contributed by atoms with E-state index in [1.165, 1.54) is 13.2 Å². The summed E-state index contributed by atoms with van der Waals surface area (Å²) in [5.41, 5.74) is 0.671. The summed E-state index contributed by atoms with van der Waals surface area (Å²) in [5.74, 6) is 2.41. The van der Waals surface area contributed by atoms with Gasteiger partial charge in [-0.2, -0.15) is 0 Å². The average Bonchev–Trinajstić information content (AvgIpc) is 2.34. The normalized spacial score (nSPS) is 9.31. The summed E-state index contributed by atoms with van der Waals surface area (Å²) >= 11 is 5.64. The van der Waals surface area contributed by atoms with Gasteiger partial charge in [-0.05, 0) is 0 Å². The third kappa shape index (κ3) is 3.14. The minimum absolute atomic E-state index is 0.117. The lowest BCUT2D eigenvalue weighted by Gasteiger charge is -2.06. The third-order valence-corrected chi connectivity index (χ3v) is 1.98. The van der Waals surface area contributed by atoms with Crippen molar-refractivity contribution in [2.24, 2.45) is 0 Å². The number of alkyl halides is 1. The molecule has 0 saturated heterocycles. The highest BCUT2D eigenvalue weighted by Gasteiger charge is 2.10. The molecule has 0 N–H and O–H groups in total. The standard InChI is InChI=1S/C11H10ClNO3/c1-3-4-16-9-5-8(7-12)13-10(6-9)11(14)15-2/h1,5-6H,4,7H2,2H3. The summed E-state index contributed by atoms with van der Waals surface area (Å²) in [6, 6.07) is 3.08. The molecule has 0 bridgehead atoms. The molecule has 1 aromatic rings. The molecular weight excluding hydrogens is 230 g/mol. The molecule has 0 aromatic carbocycles. The fourth-order valence-corrected chi connectivity index (χ4v) is 1.18. The minimum Gasteiger partial charge on any atom is -0.481 e. The van der Waals surface area contributed by atoms with Gasteiger partial charge in [0.2, 0.25) is 0 Å². The summed E-state index contributed by atoms with van der Waals surface area (Å²) in [5, 5.41) is 0. The predicted octanol–water partition coefficient (Wildman–Crippen LogP) is 1.62. The molecule has 0 amide bonds. The number of hydrogen-bond acceptors (Lipinski definition) is 4. The molecule has 1 heterocycles. The molecule has 84 valence electrons. The summed E-state index contributed by atoms with van der Waals surface area (Å²) < 4.78 is 9.75. The Kier molecular flexibility index (Phi) is 4.62. The van der Waals surface area contributed by atoms with Crippen LogP contribution in [0.5, 0.6) is 5.75 Å². The Morgan fingerprint density at radius 1 is 1.62 bits per heavy atom. The summed E-state index contributed by atoms with van der Waals surface area (Å²) in [4.78, 5) is 15.3. The molecule has 0 spiro atoms. The fraction of sp³-hybridized carbons (Fsp3) is 0.273. The molecule has 0 aliphatic heterocycles. The number of nitrogens with zero attached hydrogens (tertiary/aromatic N) is 1. The number of hydrogen-bond donors (Lipinski definition) is 0. The van der Waals surface area contributed by atoms with Gasteiger partial charge in [0.1, 0.15) is 12.4 Å². The highest BCUT2D eigenvalue weighted by Crippen LogP contribution is 2.16. The molecule has 1 rings (SSSR count). The quantitative estimate of drug-likeness (QED) is 0.455. The first kappa shape index (κ1) is 12.3. The van der Waals surface area contributed by atoms with E-state index >= 15 is 0 Å². The number of methoxy groups -OCH3 is 1. The number of carbonyl (C=O) groups excluding carboxylic acids is 1. The van der Waals surface area contributed by atoms with Crippen LogP contribution in [0.25, 0.3) is 0 Å². The average molecular weight is 240 g/mol. The van der Waals surface area contributed by atoms with Crippen molar-refractivity contribution in [1.29, 1.82) is 0 Å². The van der Waals surface area contributed by atoms with Gasteiger partial charge in [-0.3, -0.25) is 0 Å². The first-order valence-electron chi connectivity index (χ1n) is 4.42. The highest BCUT2D eigenvalue weighted by molar-refractivity contribution is 6.16. The SMILES string of the molecule is C#CCOc1cc(CCl)nc(C(=O)OC)c1. The number of halogens is 1. The monoisotopic (exact) mass is 239 g/mol. The van der Waals surface area contributed by atoms with Crippen molar-refractivity contribution in [3.63, 3.8) is 0 Å². The van der Waals surface area contributed by atoms with Crippen LogP contribution in [0.3, 0.4) is 0 Å². The maximum Gasteiger partial charge on any atom is 0.356 e.